The second-order valence-corrected chi connectivity index (χ2v) is 7.98. The van der Waals surface area contributed by atoms with Gasteiger partial charge in [0.15, 0.2) is 0 Å². The van der Waals surface area contributed by atoms with Crippen LogP contribution in [0.5, 0.6) is 0 Å². The molecule has 30 heavy (non-hydrogen) atoms. The molecule has 1 aliphatic heterocycles. The van der Waals surface area contributed by atoms with Crippen LogP contribution in [0.3, 0.4) is 0 Å². The number of amides is 1. The summed E-state index contributed by atoms with van der Waals surface area (Å²) in [5.74, 6) is -1.06. The van der Waals surface area contributed by atoms with Crippen molar-refractivity contribution in [1.29, 1.82) is 0 Å². The van der Waals surface area contributed by atoms with Crippen LogP contribution in [0.2, 0.25) is 0 Å². The first kappa shape index (κ1) is 20.4. The molecule has 3 aromatic rings. The first-order chi connectivity index (χ1) is 14.4. The van der Waals surface area contributed by atoms with Crippen molar-refractivity contribution >= 4 is 16.8 Å². The van der Waals surface area contributed by atoms with Crippen LogP contribution in [0.25, 0.3) is 16.6 Å². The zero-order valence-electron chi connectivity index (χ0n) is 16.9. The number of nitrogens with zero attached hydrogens (tertiary/aromatic N) is 3. The zero-order valence-corrected chi connectivity index (χ0v) is 16.9. The Morgan fingerprint density at radius 3 is 2.70 bits per heavy atom. The Morgan fingerprint density at radius 1 is 1.23 bits per heavy atom. The number of benzene rings is 2. The highest BCUT2D eigenvalue weighted by Crippen LogP contribution is 2.22. The quantitative estimate of drug-likeness (QED) is 0.652. The van der Waals surface area contributed by atoms with Crippen LogP contribution in [0.1, 0.15) is 28.8 Å². The third kappa shape index (κ3) is 4.34. The molecule has 1 amide bonds. The molecule has 1 aromatic heterocycles. The van der Waals surface area contributed by atoms with Crippen molar-refractivity contribution < 1.29 is 13.6 Å². The molecule has 0 radical (unpaired) electrons. The summed E-state index contributed by atoms with van der Waals surface area (Å²) in [6, 6.07) is 7.18. The van der Waals surface area contributed by atoms with Gasteiger partial charge in [-0.05, 0) is 69.7 Å². The van der Waals surface area contributed by atoms with Crippen LogP contribution in [0.4, 0.5) is 8.78 Å². The highest BCUT2D eigenvalue weighted by Gasteiger charge is 2.17. The molecule has 4 rings (SSSR count). The summed E-state index contributed by atoms with van der Waals surface area (Å²) in [7, 11) is 2.13. The maximum Gasteiger partial charge on any atom is 0.251 e. The summed E-state index contributed by atoms with van der Waals surface area (Å²) < 4.78 is 29.8. The predicted molar refractivity (Wildman–Crippen MR) is 111 cm³/mol. The number of likely N-dealkylation sites (tertiary alicyclic amines) is 1. The van der Waals surface area contributed by atoms with Gasteiger partial charge in [-0.15, -0.1) is 0 Å². The number of nitrogens with one attached hydrogen (secondary N) is 1. The van der Waals surface area contributed by atoms with Crippen LogP contribution in [-0.4, -0.2) is 47.3 Å². The lowest BCUT2D eigenvalue weighted by Gasteiger charge is -2.29. The van der Waals surface area contributed by atoms with E-state index in [1.165, 1.54) is 16.8 Å². The van der Waals surface area contributed by atoms with Gasteiger partial charge < -0.3 is 16.0 Å². The Hall–Kier alpha value is -2.84. The van der Waals surface area contributed by atoms with E-state index in [1.54, 1.807) is 18.3 Å². The van der Waals surface area contributed by atoms with Gasteiger partial charge >= 0.3 is 0 Å². The van der Waals surface area contributed by atoms with Crippen molar-refractivity contribution in [2.75, 3.05) is 26.7 Å². The molecule has 158 valence electrons. The second kappa shape index (κ2) is 8.49. The number of rotatable bonds is 6. The number of fused-ring (bicyclic) bond motifs is 1. The molecule has 0 spiro atoms. The average Bonchev–Trinajstić information content (AvgIpc) is 3.13. The normalized spacial score (nSPS) is 15.7. The van der Waals surface area contributed by atoms with Gasteiger partial charge in [0.2, 0.25) is 0 Å². The molecular weight excluding hydrogens is 388 g/mol. The number of hydrogen-bond acceptors (Lipinski definition) is 4. The lowest BCUT2D eigenvalue weighted by molar-refractivity contribution is 0.100. The fraction of sp³-hybridized carbons (Fsp3) is 0.364. The van der Waals surface area contributed by atoms with E-state index in [1.807, 2.05) is 0 Å². The van der Waals surface area contributed by atoms with Crippen LogP contribution in [0, 0.1) is 17.6 Å². The van der Waals surface area contributed by atoms with Crippen molar-refractivity contribution in [2.24, 2.45) is 11.7 Å². The number of hydrogen-bond donors (Lipinski definition) is 2. The second-order valence-electron chi connectivity index (χ2n) is 7.98. The molecule has 1 aliphatic rings. The number of nitrogens with two attached hydrogens (primary N) is 1. The third-order valence-corrected chi connectivity index (χ3v) is 5.73. The van der Waals surface area contributed by atoms with Gasteiger partial charge in [0, 0.05) is 23.7 Å². The zero-order chi connectivity index (χ0) is 21.3. The monoisotopic (exact) mass is 413 g/mol. The van der Waals surface area contributed by atoms with E-state index in [0.717, 1.165) is 38.5 Å². The molecule has 0 atom stereocenters. The number of aromatic nitrogens is 2. The van der Waals surface area contributed by atoms with E-state index >= 15 is 0 Å². The Labute approximate surface area is 173 Å². The van der Waals surface area contributed by atoms with Crippen molar-refractivity contribution in [3.05, 3.63) is 59.3 Å². The number of piperidine rings is 1. The summed E-state index contributed by atoms with van der Waals surface area (Å²) >= 11 is 0. The third-order valence-electron chi connectivity index (χ3n) is 5.73. The lowest BCUT2D eigenvalue weighted by Crippen LogP contribution is -2.34. The maximum atomic E-state index is 14.7. The Kier molecular flexibility index (Phi) is 5.78. The van der Waals surface area contributed by atoms with Crippen LogP contribution in [-0.2, 0) is 6.54 Å². The molecular formula is C22H25F2N5O. The van der Waals surface area contributed by atoms with Crippen molar-refractivity contribution in [2.45, 2.75) is 19.4 Å². The van der Waals surface area contributed by atoms with E-state index < -0.39 is 11.7 Å². The van der Waals surface area contributed by atoms with Gasteiger partial charge in [-0.1, -0.05) is 6.07 Å². The van der Waals surface area contributed by atoms with Gasteiger partial charge in [-0.3, -0.25) is 4.79 Å². The highest BCUT2D eigenvalue weighted by molar-refractivity contribution is 6.04. The van der Waals surface area contributed by atoms with E-state index in [2.05, 4.69) is 22.4 Å². The fourth-order valence-corrected chi connectivity index (χ4v) is 3.92. The molecule has 6 nitrogen and oxygen atoms in total. The summed E-state index contributed by atoms with van der Waals surface area (Å²) in [6.07, 6.45) is 3.87. The number of primary amides is 1. The molecule has 2 aromatic carbocycles. The van der Waals surface area contributed by atoms with Crippen LogP contribution < -0.4 is 11.1 Å². The van der Waals surface area contributed by atoms with Crippen molar-refractivity contribution in [3.63, 3.8) is 0 Å². The largest absolute Gasteiger partial charge is 0.366 e. The molecule has 1 fully saturated rings. The molecule has 0 saturated carbocycles. The van der Waals surface area contributed by atoms with Gasteiger partial charge in [-0.2, -0.15) is 5.10 Å². The standard InChI is InChI=1S/C22H25F2N5O/c1-28-6-4-14(5-7-28)11-26-12-15-2-3-18(10-20(15)24)29-13-16-8-17(23)9-19(22(25)30)21(16)27-29/h2-3,8-10,13-14,26H,4-7,11-12H2,1H3,(H2,25,30). The molecule has 0 aliphatic carbocycles. The number of halogens is 2. The minimum Gasteiger partial charge on any atom is -0.366 e. The van der Waals surface area contributed by atoms with E-state index in [0.29, 0.717) is 29.1 Å². The highest BCUT2D eigenvalue weighted by atomic mass is 19.1. The van der Waals surface area contributed by atoms with E-state index in [4.69, 9.17) is 5.73 Å². The molecule has 1 saturated heterocycles. The molecule has 3 N–H and O–H groups in total. The Bertz CT molecular complexity index is 1070. The van der Waals surface area contributed by atoms with Gasteiger partial charge in [-0.25, -0.2) is 13.5 Å². The van der Waals surface area contributed by atoms with Crippen LogP contribution in [0.15, 0.2) is 36.5 Å². The lowest BCUT2D eigenvalue weighted by atomic mass is 9.97. The Balaban J connectivity index is 1.48. The summed E-state index contributed by atoms with van der Waals surface area (Å²) in [6.45, 7) is 3.54. The first-order valence-electron chi connectivity index (χ1n) is 10.1. The van der Waals surface area contributed by atoms with Gasteiger partial charge in [0.1, 0.15) is 17.2 Å². The van der Waals surface area contributed by atoms with Crippen molar-refractivity contribution in [3.8, 4) is 5.69 Å². The smallest absolute Gasteiger partial charge is 0.251 e. The summed E-state index contributed by atoms with van der Waals surface area (Å²) in [5, 5.41) is 8.09. The minimum atomic E-state index is -0.762. The first-order valence-corrected chi connectivity index (χ1v) is 10.1. The minimum absolute atomic E-state index is 0.000974. The van der Waals surface area contributed by atoms with Gasteiger partial charge in [0.05, 0.1) is 11.3 Å². The molecule has 0 unspecified atom stereocenters. The summed E-state index contributed by atoms with van der Waals surface area (Å²) in [4.78, 5) is 13.9. The predicted octanol–water partition coefficient (Wildman–Crippen LogP) is 2.83. The molecule has 8 heteroatoms. The number of carbonyl (C=O) groups is 1. The van der Waals surface area contributed by atoms with E-state index in [-0.39, 0.29) is 16.9 Å². The molecule has 0 bridgehead atoms. The van der Waals surface area contributed by atoms with Crippen molar-refractivity contribution in [1.82, 2.24) is 20.0 Å². The SMILES string of the molecule is CN1CCC(CNCc2ccc(-n3cc4cc(F)cc(C(N)=O)c4n3)cc2F)CC1. The van der Waals surface area contributed by atoms with Crippen LogP contribution >= 0.6 is 0 Å². The number of carbonyl (C=O) groups excluding carboxylic acids is 1. The summed E-state index contributed by atoms with van der Waals surface area (Å²) in [5.41, 5.74) is 6.67. The van der Waals surface area contributed by atoms with Gasteiger partial charge in [0.25, 0.3) is 5.91 Å². The van der Waals surface area contributed by atoms with E-state index in [9.17, 15) is 13.6 Å². The molecule has 2 heterocycles. The fourth-order valence-electron chi connectivity index (χ4n) is 3.92. The maximum absolute atomic E-state index is 14.7. The topological polar surface area (TPSA) is 76.2 Å². The Morgan fingerprint density at radius 2 is 2.00 bits per heavy atom. The average molecular weight is 413 g/mol.